The molecule has 3 rings (SSSR count). The summed E-state index contributed by atoms with van der Waals surface area (Å²) in [5.74, 6) is -0.563. The van der Waals surface area contributed by atoms with Crippen molar-refractivity contribution < 1.29 is 9.90 Å². The molecule has 0 aliphatic carbocycles. The second-order valence-corrected chi connectivity index (χ2v) is 7.83. The van der Waals surface area contributed by atoms with Crippen molar-refractivity contribution in [3.05, 3.63) is 106 Å². The van der Waals surface area contributed by atoms with Gasteiger partial charge in [-0.15, -0.1) is 0 Å². The Hall–Kier alpha value is -3.38. The quantitative estimate of drug-likeness (QED) is 0.196. The van der Waals surface area contributed by atoms with E-state index in [1.54, 1.807) is 13.1 Å². The number of benzene rings is 3. The molecule has 30 heavy (non-hydrogen) atoms. The van der Waals surface area contributed by atoms with Crippen LogP contribution >= 0.6 is 11.8 Å². The highest BCUT2D eigenvalue weighted by Gasteiger charge is 2.23. The number of hydrogen-bond acceptors (Lipinski definition) is 5. The van der Waals surface area contributed by atoms with Crippen LogP contribution in [0.5, 0.6) is 0 Å². The first-order chi connectivity index (χ1) is 14.5. The maximum Gasteiger partial charge on any atom is 0.264 e. The summed E-state index contributed by atoms with van der Waals surface area (Å²) in [7, 11) is 1.58. The molecule has 0 spiro atoms. The van der Waals surface area contributed by atoms with Crippen LogP contribution in [-0.4, -0.2) is 18.1 Å². The molecule has 0 fully saturated rings. The van der Waals surface area contributed by atoms with E-state index in [4.69, 9.17) is 5.73 Å². The summed E-state index contributed by atoms with van der Waals surface area (Å²) < 4.78 is 0. The largest absolute Gasteiger partial charge is 0.494 e. The second-order valence-electron chi connectivity index (χ2n) is 6.78. The Labute approximate surface area is 181 Å². The minimum Gasteiger partial charge on any atom is -0.494 e. The predicted molar refractivity (Wildman–Crippen MR) is 123 cm³/mol. The van der Waals surface area contributed by atoms with Gasteiger partial charge in [-0.1, -0.05) is 72.4 Å². The molecule has 154 valence electrons. The lowest BCUT2D eigenvalue weighted by Gasteiger charge is -2.21. The molecular formula is C24H25N3O2S. The molecule has 0 radical (unpaired) electrons. The summed E-state index contributed by atoms with van der Waals surface area (Å²) in [6, 6.07) is 24.4. The highest BCUT2D eigenvalue weighted by Crippen LogP contribution is 2.32. The van der Waals surface area contributed by atoms with E-state index in [0.717, 1.165) is 21.6 Å². The van der Waals surface area contributed by atoms with Crippen LogP contribution in [0.2, 0.25) is 0 Å². The van der Waals surface area contributed by atoms with E-state index < -0.39 is 6.04 Å². The van der Waals surface area contributed by atoms with Gasteiger partial charge in [0.05, 0.1) is 6.04 Å². The topological polar surface area (TPSA) is 87.4 Å². The number of nitrogens with two attached hydrogens (primary N) is 1. The lowest BCUT2D eigenvalue weighted by atomic mass is 9.98. The number of thioether (sulfide) groups is 1. The molecule has 6 heteroatoms. The minimum absolute atomic E-state index is 0.180. The van der Waals surface area contributed by atoms with Crippen molar-refractivity contribution in [3.8, 4) is 0 Å². The molecule has 3 aromatic carbocycles. The summed E-state index contributed by atoms with van der Waals surface area (Å²) in [4.78, 5) is 14.4. The summed E-state index contributed by atoms with van der Waals surface area (Å²) in [5.41, 5.74) is 9.39. The molecule has 0 aromatic heterocycles. The SMILES string of the molecule is CN/C(O)=C(/Sc1ccccc1C)C(=O)NC(c1ccccc1)c1cccc(N)c1. The van der Waals surface area contributed by atoms with E-state index in [2.05, 4.69) is 10.6 Å². The van der Waals surface area contributed by atoms with Crippen LogP contribution in [0.4, 0.5) is 5.69 Å². The zero-order chi connectivity index (χ0) is 21.5. The molecule has 1 unspecified atom stereocenters. The van der Waals surface area contributed by atoms with Gasteiger partial charge >= 0.3 is 0 Å². The zero-order valence-corrected chi connectivity index (χ0v) is 17.7. The van der Waals surface area contributed by atoms with Crippen molar-refractivity contribution in [1.29, 1.82) is 0 Å². The van der Waals surface area contributed by atoms with E-state index in [1.807, 2.05) is 79.7 Å². The van der Waals surface area contributed by atoms with Crippen LogP contribution in [0.3, 0.4) is 0 Å². The van der Waals surface area contributed by atoms with Gasteiger partial charge in [-0.3, -0.25) is 4.79 Å². The number of aliphatic hydroxyl groups excluding tert-OH is 1. The van der Waals surface area contributed by atoms with E-state index >= 15 is 0 Å². The van der Waals surface area contributed by atoms with Gasteiger partial charge in [-0.25, -0.2) is 0 Å². The maximum atomic E-state index is 13.3. The number of amides is 1. The second kappa shape index (κ2) is 9.89. The number of aryl methyl sites for hydroxylation is 1. The van der Waals surface area contributed by atoms with Crippen molar-refractivity contribution in [2.45, 2.75) is 17.9 Å². The number of hydrogen-bond donors (Lipinski definition) is 4. The average Bonchev–Trinajstić information content (AvgIpc) is 2.77. The Bertz CT molecular complexity index is 1050. The van der Waals surface area contributed by atoms with Gasteiger partial charge in [0.1, 0.15) is 4.91 Å². The number of anilines is 1. The Balaban J connectivity index is 1.95. The van der Waals surface area contributed by atoms with Crippen molar-refractivity contribution in [2.75, 3.05) is 12.8 Å². The lowest BCUT2D eigenvalue weighted by molar-refractivity contribution is -0.117. The zero-order valence-electron chi connectivity index (χ0n) is 16.9. The van der Waals surface area contributed by atoms with Gasteiger partial charge in [0.2, 0.25) is 5.88 Å². The fourth-order valence-corrected chi connectivity index (χ4v) is 3.98. The van der Waals surface area contributed by atoms with Crippen molar-refractivity contribution in [2.24, 2.45) is 0 Å². The van der Waals surface area contributed by atoms with Gasteiger partial charge in [0, 0.05) is 17.6 Å². The Morgan fingerprint density at radius 3 is 2.30 bits per heavy atom. The molecule has 1 atom stereocenters. The molecule has 5 N–H and O–H groups in total. The van der Waals surface area contributed by atoms with Gasteiger partial charge in [-0.2, -0.15) is 0 Å². The molecular weight excluding hydrogens is 394 g/mol. The first-order valence-corrected chi connectivity index (χ1v) is 10.4. The van der Waals surface area contributed by atoms with E-state index in [9.17, 15) is 9.90 Å². The fourth-order valence-electron chi connectivity index (χ4n) is 3.04. The fraction of sp³-hybridized carbons (Fsp3) is 0.125. The lowest BCUT2D eigenvalue weighted by Crippen LogP contribution is -2.31. The normalized spacial score (nSPS) is 12.6. The number of aliphatic hydroxyl groups is 1. The van der Waals surface area contributed by atoms with Gasteiger partial charge < -0.3 is 21.5 Å². The molecule has 0 heterocycles. The predicted octanol–water partition coefficient (Wildman–Crippen LogP) is 4.52. The molecule has 3 aromatic rings. The third kappa shape index (κ3) is 5.15. The summed E-state index contributed by atoms with van der Waals surface area (Å²) >= 11 is 1.22. The summed E-state index contributed by atoms with van der Waals surface area (Å²) in [5, 5.41) is 16.1. The van der Waals surface area contributed by atoms with Crippen LogP contribution < -0.4 is 16.4 Å². The van der Waals surface area contributed by atoms with Gasteiger partial charge in [0.15, 0.2) is 0 Å². The Morgan fingerprint density at radius 2 is 1.63 bits per heavy atom. The molecule has 0 aliphatic heterocycles. The molecule has 1 amide bonds. The van der Waals surface area contributed by atoms with Crippen molar-refractivity contribution in [1.82, 2.24) is 10.6 Å². The standard InChI is InChI=1S/C24H25N3O2S/c1-16-9-6-7-14-20(16)30-22(23(28)26-2)24(29)27-21(17-10-4-3-5-11-17)18-12-8-13-19(25)15-18/h3-15,21,26,28H,25H2,1-2H3,(H,27,29)/b23-22-. The minimum atomic E-state index is -0.417. The Morgan fingerprint density at radius 1 is 0.967 bits per heavy atom. The maximum absolute atomic E-state index is 13.3. The number of nitrogen functional groups attached to an aromatic ring is 1. The average molecular weight is 420 g/mol. The smallest absolute Gasteiger partial charge is 0.264 e. The molecule has 0 saturated heterocycles. The number of carbonyl (C=O) groups is 1. The number of carbonyl (C=O) groups excluding carboxylic acids is 1. The Kier molecular flexibility index (Phi) is 7.03. The van der Waals surface area contributed by atoms with E-state index in [0.29, 0.717) is 5.69 Å². The van der Waals surface area contributed by atoms with Crippen LogP contribution in [0.15, 0.2) is 94.5 Å². The van der Waals surface area contributed by atoms with E-state index in [-0.39, 0.29) is 16.7 Å². The van der Waals surface area contributed by atoms with Crippen LogP contribution in [0, 0.1) is 6.92 Å². The van der Waals surface area contributed by atoms with Crippen LogP contribution in [0.25, 0.3) is 0 Å². The monoisotopic (exact) mass is 419 g/mol. The van der Waals surface area contributed by atoms with Crippen LogP contribution in [0.1, 0.15) is 22.7 Å². The number of rotatable bonds is 7. The third-order valence-corrected chi connectivity index (χ3v) is 5.88. The first-order valence-electron chi connectivity index (χ1n) is 9.55. The van der Waals surface area contributed by atoms with Crippen LogP contribution in [-0.2, 0) is 4.79 Å². The van der Waals surface area contributed by atoms with Crippen molar-refractivity contribution >= 4 is 23.4 Å². The third-order valence-electron chi connectivity index (χ3n) is 4.62. The van der Waals surface area contributed by atoms with Gasteiger partial charge in [-0.05, 0) is 41.8 Å². The molecule has 0 bridgehead atoms. The first kappa shape index (κ1) is 21.3. The molecule has 5 nitrogen and oxygen atoms in total. The molecule has 0 saturated carbocycles. The van der Waals surface area contributed by atoms with E-state index in [1.165, 1.54) is 11.8 Å². The number of nitrogens with one attached hydrogen (secondary N) is 2. The highest BCUT2D eigenvalue weighted by atomic mass is 32.2. The van der Waals surface area contributed by atoms with Gasteiger partial charge in [0.25, 0.3) is 5.91 Å². The van der Waals surface area contributed by atoms with Crippen molar-refractivity contribution in [3.63, 3.8) is 0 Å². The summed E-state index contributed by atoms with van der Waals surface area (Å²) in [6.07, 6.45) is 0. The highest BCUT2D eigenvalue weighted by molar-refractivity contribution is 8.04. The molecule has 0 aliphatic rings. The summed E-state index contributed by atoms with van der Waals surface area (Å²) in [6.45, 7) is 1.97.